The van der Waals surface area contributed by atoms with Gasteiger partial charge in [0.2, 0.25) is 0 Å². The lowest BCUT2D eigenvalue weighted by molar-refractivity contribution is -0.137. The molecule has 1 amide bonds. The molecule has 1 unspecified atom stereocenters. The van der Waals surface area contributed by atoms with Gasteiger partial charge in [0.05, 0.1) is 6.20 Å². The molecule has 1 heterocycles. The predicted octanol–water partition coefficient (Wildman–Crippen LogP) is 2.18. The maximum Gasteiger partial charge on any atom is 0.323 e. The van der Waals surface area contributed by atoms with Crippen molar-refractivity contribution in [1.29, 1.82) is 0 Å². The summed E-state index contributed by atoms with van der Waals surface area (Å²) in [6.07, 6.45) is 2.04. The Morgan fingerprint density at radius 3 is 2.75 bits per heavy atom. The van der Waals surface area contributed by atoms with Crippen LogP contribution in [-0.4, -0.2) is 46.6 Å². The van der Waals surface area contributed by atoms with Crippen molar-refractivity contribution in [2.75, 3.05) is 19.7 Å². The van der Waals surface area contributed by atoms with Crippen LogP contribution in [0.2, 0.25) is 0 Å². The van der Waals surface area contributed by atoms with E-state index in [1.165, 1.54) is 22.4 Å². The summed E-state index contributed by atoms with van der Waals surface area (Å²) in [4.78, 5) is 29.0. The van der Waals surface area contributed by atoms with E-state index in [1.807, 2.05) is 20.8 Å². The molecule has 0 radical (unpaired) electrons. The van der Waals surface area contributed by atoms with Crippen LogP contribution in [-0.2, 0) is 9.53 Å². The molecule has 112 valence electrons. The van der Waals surface area contributed by atoms with Gasteiger partial charge in [-0.05, 0) is 20.3 Å². The second-order valence-electron chi connectivity index (χ2n) is 4.28. The average molecular weight is 300 g/mol. The number of carbonyl (C=O) groups is 2. The highest BCUT2D eigenvalue weighted by molar-refractivity contribution is 7.13. The Bertz CT molecular complexity index is 461. The van der Waals surface area contributed by atoms with Crippen LogP contribution in [0.15, 0.2) is 6.20 Å². The topological polar surface area (TPSA) is 79.7 Å². The van der Waals surface area contributed by atoms with Gasteiger partial charge in [-0.25, -0.2) is 4.98 Å². The van der Waals surface area contributed by atoms with Crippen LogP contribution in [0.25, 0.3) is 0 Å². The number of aromatic nitrogens is 1. The van der Waals surface area contributed by atoms with Gasteiger partial charge in [0.1, 0.15) is 22.5 Å². The number of carboxylic acid groups (broad SMARTS) is 1. The highest BCUT2D eigenvalue weighted by Crippen LogP contribution is 2.23. The van der Waals surface area contributed by atoms with Crippen LogP contribution in [0, 0.1) is 0 Å². The third kappa shape index (κ3) is 4.57. The van der Waals surface area contributed by atoms with Gasteiger partial charge < -0.3 is 14.7 Å². The molecule has 20 heavy (non-hydrogen) atoms. The minimum absolute atomic E-state index is 0.161. The van der Waals surface area contributed by atoms with Crippen molar-refractivity contribution in [2.24, 2.45) is 0 Å². The van der Waals surface area contributed by atoms with Crippen LogP contribution < -0.4 is 0 Å². The van der Waals surface area contributed by atoms with Crippen molar-refractivity contribution in [3.8, 4) is 0 Å². The summed E-state index contributed by atoms with van der Waals surface area (Å²) in [6, 6.07) is 0. The molecule has 1 aromatic rings. The van der Waals surface area contributed by atoms with E-state index in [4.69, 9.17) is 9.84 Å². The maximum absolute atomic E-state index is 12.3. The van der Waals surface area contributed by atoms with E-state index >= 15 is 0 Å². The van der Waals surface area contributed by atoms with Gasteiger partial charge in [-0.3, -0.25) is 9.59 Å². The molecule has 1 atom stereocenters. The number of nitrogens with zero attached hydrogens (tertiary/aromatic N) is 2. The highest BCUT2D eigenvalue weighted by atomic mass is 32.1. The molecular formula is C13H20N2O4S. The SMILES string of the molecule is CCCN(CC(=O)O)C(=O)c1cnc(C(C)OCC)s1. The van der Waals surface area contributed by atoms with Crippen LogP contribution in [0.5, 0.6) is 0 Å². The molecule has 1 aromatic heterocycles. The molecule has 7 heteroatoms. The van der Waals surface area contributed by atoms with E-state index in [-0.39, 0.29) is 18.6 Å². The monoisotopic (exact) mass is 300 g/mol. The molecule has 0 aliphatic carbocycles. The van der Waals surface area contributed by atoms with Crippen molar-refractivity contribution in [3.05, 3.63) is 16.1 Å². The Balaban J connectivity index is 2.81. The minimum atomic E-state index is -1.01. The third-order valence-corrected chi connectivity index (χ3v) is 3.75. The zero-order valence-corrected chi connectivity index (χ0v) is 12.8. The molecule has 0 spiro atoms. The fourth-order valence-electron chi connectivity index (χ4n) is 1.74. The second kappa shape index (κ2) is 7.96. The standard InChI is InChI=1S/C13H20N2O4S/c1-4-6-15(8-11(16)17)13(18)10-7-14-12(20-10)9(3)19-5-2/h7,9H,4-6,8H2,1-3H3,(H,16,17). The molecule has 0 aliphatic heterocycles. The second-order valence-corrected chi connectivity index (χ2v) is 5.34. The molecule has 1 N–H and O–H groups in total. The summed E-state index contributed by atoms with van der Waals surface area (Å²) in [5, 5.41) is 9.57. The van der Waals surface area contributed by atoms with Crippen LogP contribution in [0.1, 0.15) is 48.0 Å². The molecular weight excluding hydrogens is 280 g/mol. The van der Waals surface area contributed by atoms with Gasteiger partial charge in [0.25, 0.3) is 5.91 Å². The lowest BCUT2D eigenvalue weighted by Gasteiger charge is -2.18. The molecule has 1 rings (SSSR count). The van der Waals surface area contributed by atoms with Gasteiger partial charge in [-0.1, -0.05) is 6.92 Å². The Kier molecular flexibility index (Phi) is 6.60. The van der Waals surface area contributed by atoms with Crippen LogP contribution >= 0.6 is 11.3 Å². The van der Waals surface area contributed by atoms with E-state index in [1.54, 1.807) is 0 Å². The Morgan fingerprint density at radius 1 is 1.50 bits per heavy atom. The fraction of sp³-hybridized carbons (Fsp3) is 0.615. The van der Waals surface area contributed by atoms with E-state index < -0.39 is 5.97 Å². The van der Waals surface area contributed by atoms with E-state index in [0.717, 1.165) is 5.01 Å². The summed E-state index contributed by atoms with van der Waals surface area (Å²) in [5.41, 5.74) is 0. The summed E-state index contributed by atoms with van der Waals surface area (Å²) >= 11 is 1.25. The quantitative estimate of drug-likeness (QED) is 0.796. The molecule has 0 aliphatic rings. The van der Waals surface area contributed by atoms with Crippen molar-refractivity contribution in [2.45, 2.75) is 33.3 Å². The zero-order valence-electron chi connectivity index (χ0n) is 12.0. The summed E-state index contributed by atoms with van der Waals surface area (Å²) in [5.74, 6) is -1.30. The first-order valence-corrected chi connectivity index (χ1v) is 7.39. The first kappa shape index (κ1) is 16.6. The molecule has 0 saturated heterocycles. The van der Waals surface area contributed by atoms with E-state index in [2.05, 4.69) is 4.98 Å². The van der Waals surface area contributed by atoms with E-state index in [9.17, 15) is 9.59 Å². The molecule has 0 saturated carbocycles. The Labute approximate surface area is 122 Å². The lowest BCUT2D eigenvalue weighted by atomic mass is 10.3. The first-order valence-electron chi connectivity index (χ1n) is 6.57. The third-order valence-electron chi connectivity index (χ3n) is 2.61. The van der Waals surface area contributed by atoms with Gasteiger partial charge in [0, 0.05) is 13.2 Å². The summed E-state index contributed by atoms with van der Waals surface area (Å²) in [6.45, 7) is 6.37. The predicted molar refractivity (Wildman–Crippen MR) is 76.0 cm³/mol. The smallest absolute Gasteiger partial charge is 0.323 e. The molecule has 6 nitrogen and oxygen atoms in total. The van der Waals surface area contributed by atoms with Gasteiger partial charge in [-0.15, -0.1) is 11.3 Å². The summed E-state index contributed by atoms with van der Waals surface area (Å²) in [7, 11) is 0. The van der Waals surface area contributed by atoms with Gasteiger partial charge >= 0.3 is 5.97 Å². The Morgan fingerprint density at radius 2 is 2.20 bits per heavy atom. The molecule has 0 bridgehead atoms. The van der Waals surface area contributed by atoms with Gasteiger partial charge in [0.15, 0.2) is 0 Å². The maximum atomic E-state index is 12.3. The first-order chi connectivity index (χ1) is 9.49. The number of thiazole rings is 1. The zero-order chi connectivity index (χ0) is 15.1. The van der Waals surface area contributed by atoms with Crippen LogP contribution in [0.4, 0.5) is 0 Å². The van der Waals surface area contributed by atoms with Crippen LogP contribution in [0.3, 0.4) is 0 Å². The van der Waals surface area contributed by atoms with Crippen molar-refractivity contribution >= 4 is 23.2 Å². The Hall–Kier alpha value is -1.47. The number of aliphatic carboxylic acids is 1. The highest BCUT2D eigenvalue weighted by Gasteiger charge is 2.21. The fourth-order valence-corrected chi connectivity index (χ4v) is 2.62. The minimum Gasteiger partial charge on any atom is -0.480 e. The van der Waals surface area contributed by atoms with Gasteiger partial charge in [-0.2, -0.15) is 0 Å². The number of carbonyl (C=O) groups excluding carboxylic acids is 1. The number of hydrogen-bond donors (Lipinski definition) is 1. The van der Waals surface area contributed by atoms with Crippen molar-refractivity contribution < 1.29 is 19.4 Å². The lowest BCUT2D eigenvalue weighted by Crippen LogP contribution is -2.35. The number of rotatable bonds is 8. The number of carboxylic acids is 1. The molecule has 0 fully saturated rings. The number of hydrogen-bond acceptors (Lipinski definition) is 5. The average Bonchev–Trinajstić information content (AvgIpc) is 2.87. The summed E-state index contributed by atoms with van der Waals surface area (Å²) < 4.78 is 5.42. The largest absolute Gasteiger partial charge is 0.480 e. The number of ether oxygens (including phenoxy) is 1. The van der Waals surface area contributed by atoms with E-state index in [0.29, 0.717) is 24.4 Å². The molecule has 0 aromatic carbocycles. The number of amides is 1. The van der Waals surface area contributed by atoms with Crippen molar-refractivity contribution in [1.82, 2.24) is 9.88 Å². The normalized spacial score (nSPS) is 12.2. The van der Waals surface area contributed by atoms with Crippen molar-refractivity contribution in [3.63, 3.8) is 0 Å².